The molecule has 0 spiro atoms. The first kappa shape index (κ1) is 19.5. The summed E-state index contributed by atoms with van der Waals surface area (Å²) in [7, 11) is 0. The Morgan fingerprint density at radius 1 is 1.03 bits per heavy atom. The first-order valence-electron chi connectivity index (χ1n) is 10.0. The van der Waals surface area contributed by atoms with Crippen LogP contribution in [0.1, 0.15) is 5.69 Å². The molecule has 5 aromatic rings. The predicted octanol–water partition coefficient (Wildman–Crippen LogP) is 3.17. The van der Waals surface area contributed by atoms with E-state index in [0.717, 1.165) is 21.5 Å². The molecule has 158 valence electrons. The van der Waals surface area contributed by atoms with Crippen molar-refractivity contribution in [2.24, 2.45) is 0 Å². The van der Waals surface area contributed by atoms with Crippen LogP contribution in [0, 0.1) is 6.92 Å². The number of nitrogens with one attached hydrogen (secondary N) is 1. The minimum absolute atomic E-state index is 0.218. The summed E-state index contributed by atoms with van der Waals surface area (Å²) in [4.78, 5) is 29.7. The van der Waals surface area contributed by atoms with E-state index in [-0.39, 0.29) is 6.61 Å². The molecule has 5 rings (SSSR count). The second kappa shape index (κ2) is 7.99. The second-order valence-corrected chi connectivity index (χ2v) is 7.25. The molecule has 0 fully saturated rings. The van der Waals surface area contributed by atoms with Crippen molar-refractivity contribution >= 4 is 22.5 Å². The maximum Gasteiger partial charge on any atom is 0.280 e. The topological polar surface area (TPSA) is 90.5 Å². The molecular weight excluding hydrogens is 406 g/mol. The second-order valence-electron chi connectivity index (χ2n) is 7.25. The molecule has 32 heavy (non-hydrogen) atoms. The molecule has 1 N–H and O–H groups in total. The van der Waals surface area contributed by atoms with Gasteiger partial charge in [0.1, 0.15) is 5.75 Å². The minimum atomic E-state index is -0.453. The number of ether oxygens (including phenoxy) is 1. The minimum Gasteiger partial charge on any atom is -0.484 e. The van der Waals surface area contributed by atoms with Crippen molar-refractivity contribution in [3.05, 3.63) is 95.2 Å². The number of pyridine rings is 1. The van der Waals surface area contributed by atoms with Crippen LogP contribution in [-0.2, 0) is 4.79 Å². The van der Waals surface area contributed by atoms with Gasteiger partial charge in [-0.05, 0) is 30.7 Å². The summed E-state index contributed by atoms with van der Waals surface area (Å²) >= 11 is 0. The third-order valence-corrected chi connectivity index (χ3v) is 5.11. The zero-order valence-corrected chi connectivity index (χ0v) is 17.2. The molecule has 0 aliphatic heterocycles. The number of fused-ring (bicyclic) bond motifs is 3. The zero-order valence-electron chi connectivity index (χ0n) is 17.2. The quantitative estimate of drug-likeness (QED) is 0.467. The van der Waals surface area contributed by atoms with E-state index in [9.17, 15) is 9.59 Å². The van der Waals surface area contributed by atoms with E-state index in [1.165, 1.54) is 12.4 Å². The maximum atomic E-state index is 13.0. The molecule has 0 atom stereocenters. The number of rotatable bonds is 5. The molecule has 2 aromatic carbocycles. The molecular formula is C24H19N5O3. The van der Waals surface area contributed by atoms with Gasteiger partial charge in [0.15, 0.2) is 12.3 Å². The molecule has 8 nitrogen and oxygen atoms in total. The summed E-state index contributed by atoms with van der Waals surface area (Å²) in [5, 5.41) is 4.95. The average Bonchev–Trinajstić information content (AvgIpc) is 3.17. The third kappa shape index (κ3) is 3.47. The fourth-order valence-electron chi connectivity index (χ4n) is 3.64. The summed E-state index contributed by atoms with van der Waals surface area (Å²) < 4.78 is 8.22. The van der Waals surface area contributed by atoms with Crippen molar-refractivity contribution in [1.29, 1.82) is 0 Å². The van der Waals surface area contributed by atoms with Gasteiger partial charge in [0.25, 0.3) is 11.5 Å². The van der Waals surface area contributed by atoms with Gasteiger partial charge in [0.2, 0.25) is 0 Å². The van der Waals surface area contributed by atoms with E-state index in [0.29, 0.717) is 22.3 Å². The van der Waals surface area contributed by atoms with E-state index < -0.39 is 11.5 Å². The van der Waals surface area contributed by atoms with Crippen LogP contribution in [0.4, 0.5) is 0 Å². The summed E-state index contributed by atoms with van der Waals surface area (Å²) in [6.07, 6.45) is 3.02. The first-order valence-corrected chi connectivity index (χ1v) is 10.0. The van der Waals surface area contributed by atoms with Crippen LogP contribution < -0.4 is 15.7 Å². The lowest BCUT2D eigenvalue weighted by atomic mass is 10.1. The van der Waals surface area contributed by atoms with E-state index in [4.69, 9.17) is 4.74 Å². The van der Waals surface area contributed by atoms with Gasteiger partial charge in [0, 0.05) is 18.0 Å². The van der Waals surface area contributed by atoms with Gasteiger partial charge in [-0.1, -0.05) is 48.5 Å². The van der Waals surface area contributed by atoms with Crippen LogP contribution in [0.5, 0.6) is 5.75 Å². The fourth-order valence-corrected chi connectivity index (χ4v) is 3.64. The maximum absolute atomic E-state index is 13.0. The number of benzene rings is 2. The van der Waals surface area contributed by atoms with Crippen molar-refractivity contribution in [2.45, 2.75) is 6.92 Å². The molecule has 0 bridgehead atoms. The molecule has 0 radical (unpaired) electrons. The standard InChI is InChI=1S/C24H19N5O3/c1-16-22(17-8-4-2-5-9-17)23-25-14-19-20(29(23)26-16)12-13-28(24(19)31)27-21(30)15-32-18-10-6-3-7-11-18/h2-14H,15H2,1H3,(H,27,30). The highest BCUT2D eigenvalue weighted by Gasteiger charge is 2.16. The Morgan fingerprint density at radius 3 is 2.50 bits per heavy atom. The van der Waals surface area contributed by atoms with E-state index in [1.807, 2.05) is 55.5 Å². The van der Waals surface area contributed by atoms with Crippen molar-refractivity contribution in [3.63, 3.8) is 0 Å². The lowest BCUT2D eigenvalue weighted by Gasteiger charge is -2.10. The molecule has 0 unspecified atom stereocenters. The molecule has 8 heteroatoms. The molecule has 3 heterocycles. The Balaban J connectivity index is 1.47. The Bertz CT molecular complexity index is 1490. The smallest absolute Gasteiger partial charge is 0.280 e. The number of hydrogen-bond donors (Lipinski definition) is 1. The summed E-state index contributed by atoms with van der Waals surface area (Å²) in [6.45, 7) is 1.70. The van der Waals surface area contributed by atoms with Crippen molar-refractivity contribution in [2.75, 3.05) is 12.0 Å². The van der Waals surface area contributed by atoms with E-state index >= 15 is 0 Å². The number of aromatic nitrogens is 4. The van der Waals surface area contributed by atoms with Crippen LogP contribution in [-0.4, -0.2) is 31.8 Å². The number of carbonyl (C=O) groups excluding carboxylic acids is 1. The summed E-state index contributed by atoms with van der Waals surface area (Å²) in [5.41, 5.74) is 6.15. The van der Waals surface area contributed by atoms with Gasteiger partial charge in [-0.3, -0.25) is 15.0 Å². The Hall–Kier alpha value is -4.46. The molecule has 0 saturated heterocycles. The summed E-state index contributed by atoms with van der Waals surface area (Å²) in [6, 6.07) is 20.6. The highest BCUT2D eigenvalue weighted by Crippen LogP contribution is 2.28. The Kier molecular flexibility index (Phi) is 4.87. The van der Waals surface area contributed by atoms with Gasteiger partial charge in [-0.15, -0.1) is 0 Å². The molecule has 3 aromatic heterocycles. The van der Waals surface area contributed by atoms with Crippen molar-refractivity contribution < 1.29 is 9.53 Å². The SMILES string of the molecule is Cc1nn2c(ncc3c(=O)n(NC(=O)COc4ccccc4)ccc32)c1-c1ccccc1. The van der Waals surface area contributed by atoms with Gasteiger partial charge >= 0.3 is 0 Å². The average molecular weight is 425 g/mol. The van der Waals surface area contributed by atoms with Crippen LogP contribution in [0.2, 0.25) is 0 Å². The van der Waals surface area contributed by atoms with Crippen LogP contribution in [0.3, 0.4) is 0 Å². The molecule has 0 saturated carbocycles. The number of hydrogen-bond acceptors (Lipinski definition) is 5. The van der Waals surface area contributed by atoms with E-state index in [2.05, 4.69) is 15.5 Å². The van der Waals surface area contributed by atoms with Crippen molar-refractivity contribution in [1.82, 2.24) is 19.3 Å². The van der Waals surface area contributed by atoms with Gasteiger partial charge in [-0.25, -0.2) is 14.2 Å². The monoisotopic (exact) mass is 425 g/mol. The largest absolute Gasteiger partial charge is 0.484 e. The molecule has 1 amide bonds. The number of para-hydroxylation sites is 1. The third-order valence-electron chi connectivity index (χ3n) is 5.11. The Morgan fingerprint density at radius 2 is 1.75 bits per heavy atom. The van der Waals surface area contributed by atoms with Crippen LogP contribution in [0.25, 0.3) is 27.7 Å². The van der Waals surface area contributed by atoms with Gasteiger partial charge in [-0.2, -0.15) is 5.10 Å². The lowest BCUT2D eigenvalue weighted by Crippen LogP contribution is -2.35. The number of aryl methyl sites for hydroxylation is 1. The van der Waals surface area contributed by atoms with Crippen LogP contribution in [0.15, 0.2) is 83.9 Å². The van der Waals surface area contributed by atoms with E-state index in [1.54, 1.807) is 22.7 Å². The Labute approximate surface area is 182 Å². The fraction of sp³-hybridized carbons (Fsp3) is 0.0833. The molecule has 0 aliphatic rings. The molecule has 0 aliphatic carbocycles. The number of nitrogens with zero attached hydrogens (tertiary/aromatic N) is 4. The zero-order chi connectivity index (χ0) is 22.1. The summed E-state index contributed by atoms with van der Waals surface area (Å²) in [5.74, 6) is 0.119. The van der Waals surface area contributed by atoms with Crippen molar-refractivity contribution in [3.8, 4) is 16.9 Å². The normalized spacial score (nSPS) is 11.0. The highest BCUT2D eigenvalue weighted by molar-refractivity contribution is 5.88. The van der Waals surface area contributed by atoms with Gasteiger partial charge in [0.05, 0.1) is 16.6 Å². The predicted molar refractivity (Wildman–Crippen MR) is 121 cm³/mol. The highest BCUT2D eigenvalue weighted by atomic mass is 16.5. The number of carbonyl (C=O) groups is 1. The lowest BCUT2D eigenvalue weighted by molar-refractivity contribution is -0.119. The number of amides is 1. The van der Waals surface area contributed by atoms with Crippen LogP contribution >= 0.6 is 0 Å². The first-order chi connectivity index (χ1) is 15.6. The van der Waals surface area contributed by atoms with Gasteiger partial charge < -0.3 is 4.74 Å².